The third-order valence-electron chi connectivity index (χ3n) is 1.73. The molecule has 0 saturated carbocycles. The molecule has 0 aliphatic heterocycles. The zero-order chi connectivity index (χ0) is 10.6. The molecule has 0 heterocycles. The number of phenolic OH excluding ortho intramolecular Hbond substituents is 1. The number of phenols is 1. The van der Waals surface area contributed by atoms with Crippen LogP contribution in [0.2, 0.25) is 5.02 Å². The highest BCUT2D eigenvalue weighted by atomic mass is 35.5. The van der Waals surface area contributed by atoms with Gasteiger partial charge in [-0.1, -0.05) is 23.4 Å². The Morgan fingerprint density at radius 2 is 2.21 bits per heavy atom. The van der Waals surface area contributed by atoms with Crippen LogP contribution in [0.15, 0.2) is 12.1 Å². The molecule has 0 bridgehead atoms. The van der Waals surface area contributed by atoms with Gasteiger partial charge in [0.1, 0.15) is 5.75 Å². The van der Waals surface area contributed by atoms with Gasteiger partial charge in [0, 0.05) is 17.2 Å². The van der Waals surface area contributed by atoms with Crippen molar-refractivity contribution in [3.8, 4) is 17.6 Å². The summed E-state index contributed by atoms with van der Waals surface area (Å²) in [7, 11) is 0. The molecular weight excluding hydrogens is 216 g/mol. The van der Waals surface area contributed by atoms with Crippen LogP contribution >= 0.6 is 24.2 Å². The maximum absolute atomic E-state index is 9.64. The van der Waals surface area contributed by atoms with E-state index in [-0.39, 0.29) is 5.75 Å². The van der Waals surface area contributed by atoms with E-state index < -0.39 is 0 Å². The highest BCUT2D eigenvalue weighted by Gasteiger charge is 2.03. The van der Waals surface area contributed by atoms with Gasteiger partial charge in [-0.25, -0.2) is 0 Å². The standard InChI is InChI=1S/C11H11ClOS/c1-8-6-10(12)7-9(11(8)13)4-2-3-5-14/h6-7,13-14H,3,5H2,1H3. The zero-order valence-electron chi connectivity index (χ0n) is 7.84. The van der Waals surface area contributed by atoms with Crippen molar-refractivity contribution >= 4 is 24.2 Å². The Bertz CT molecular complexity index is 390. The summed E-state index contributed by atoms with van der Waals surface area (Å²) in [6, 6.07) is 3.37. The topological polar surface area (TPSA) is 20.2 Å². The van der Waals surface area contributed by atoms with Crippen molar-refractivity contribution in [3.63, 3.8) is 0 Å². The third kappa shape index (κ3) is 2.87. The van der Waals surface area contributed by atoms with Crippen molar-refractivity contribution in [3.05, 3.63) is 28.3 Å². The number of benzene rings is 1. The first-order chi connectivity index (χ1) is 6.65. The third-order valence-corrected chi connectivity index (χ3v) is 2.17. The summed E-state index contributed by atoms with van der Waals surface area (Å²) in [4.78, 5) is 0. The fourth-order valence-corrected chi connectivity index (χ4v) is 1.43. The minimum atomic E-state index is 0.209. The van der Waals surface area contributed by atoms with E-state index in [4.69, 9.17) is 11.6 Å². The molecule has 74 valence electrons. The summed E-state index contributed by atoms with van der Waals surface area (Å²) in [5.41, 5.74) is 1.32. The van der Waals surface area contributed by atoms with Gasteiger partial charge >= 0.3 is 0 Å². The van der Waals surface area contributed by atoms with Gasteiger partial charge in [0.2, 0.25) is 0 Å². The predicted molar refractivity (Wildman–Crippen MR) is 63.2 cm³/mol. The summed E-state index contributed by atoms with van der Waals surface area (Å²) >= 11 is 9.88. The molecule has 0 saturated heterocycles. The van der Waals surface area contributed by atoms with Crippen molar-refractivity contribution in [1.82, 2.24) is 0 Å². The fourth-order valence-electron chi connectivity index (χ4n) is 1.04. The molecule has 0 spiro atoms. The molecule has 0 aliphatic rings. The predicted octanol–water partition coefficient (Wildman–Crippen LogP) is 3.03. The van der Waals surface area contributed by atoms with Gasteiger partial charge in [-0.2, -0.15) is 12.6 Å². The molecule has 1 rings (SSSR count). The minimum Gasteiger partial charge on any atom is -0.506 e. The molecule has 0 radical (unpaired) electrons. The Morgan fingerprint density at radius 1 is 1.50 bits per heavy atom. The van der Waals surface area contributed by atoms with Crippen LogP contribution in [0.3, 0.4) is 0 Å². The van der Waals surface area contributed by atoms with Crippen LogP contribution in [0.4, 0.5) is 0 Å². The number of aromatic hydroxyl groups is 1. The molecular formula is C11H11ClOS. The van der Waals surface area contributed by atoms with Crippen LogP contribution in [-0.2, 0) is 0 Å². The smallest absolute Gasteiger partial charge is 0.134 e. The van der Waals surface area contributed by atoms with Crippen LogP contribution in [0, 0.1) is 18.8 Å². The van der Waals surface area contributed by atoms with Gasteiger partial charge in [0.25, 0.3) is 0 Å². The number of aryl methyl sites for hydroxylation is 1. The lowest BCUT2D eigenvalue weighted by molar-refractivity contribution is 0.469. The molecule has 0 amide bonds. The SMILES string of the molecule is Cc1cc(Cl)cc(C#CCCS)c1O. The molecule has 14 heavy (non-hydrogen) atoms. The van der Waals surface area contributed by atoms with Gasteiger partial charge < -0.3 is 5.11 Å². The molecule has 1 aromatic carbocycles. The lowest BCUT2D eigenvalue weighted by Crippen LogP contribution is -1.82. The highest BCUT2D eigenvalue weighted by Crippen LogP contribution is 2.25. The molecule has 0 aliphatic carbocycles. The monoisotopic (exact) mass is 226 g/mol. The van der Waals surface area contributed by atoms with Crippen molar-refractivity contribution in [2.75, 3.05) is 5.75 Å². The highest BCUT2D eigenvalue weighted by molar-refractivity contribution is 7.80. The average molecular weight is 227 g/mol. The minimum absolute atomic E-state index is 0.209. The van der Waals surface area contributed by atoms with Crippen molar-refractivity contribution in [2.45, 2.75) is 13.3 Å². The molecule has 1 N–H and O–H groups in total. The lowest BCUT2D eigenvalue weighted by atomic mass is 10.1. The Labute approximate surface area is 94.5 Å². The van der Waals surface area contributed by atoms with Crippen molar-refractivity contribution in [2.24, 2.45) is 0 Å². The maximum atomic E-state index is 9.64. The van der Waals surface area contributed by atoms with Crippen LogP contribution in [-0.4, -0.2) is 10.9 Å². The summed E-state index contributed by atoms with van der Waals surface area (Å²) in [5, 5.41) is 10.2. The number of halogens is 1. The zero-order valence-corrected chi connectivity index (χ0v) is 9.49. The van der Waals surface area contributed by atoms with E-state index in [2.05, 4.69) is 24.5 Å². The molecule has 0 fully saturated rings. The van der Waals surface area contributed by atoms with E-state index in [1.807, 2.05) is 0 Å². The van der Waals surface area contributed by atoms with Crippen LogP contribution in [0.5, 0.6) is 5.75 Å². The van der Waals surface area contributed by atoms with Crippen molar-refractivity contribution in [1.29, 1.82) is 0 Å². The fraction of sp³-hybridized carbons (Fsp3) is 0.273. The Morgan fingerprint density at radius 3 is 2.86 bits per heavy atom. The second-order valence-electron chi connectivity index (χ2n) is 2.89. The van der Waals surface area contributed by atoms with E-state index in [1.165, 1.54) is 0 Å². The maximum Gasteiger partial charge on any atom is 0.134 e. The summed E-state index contributed by atoms with van der Waals surface area (Å²) in [6.45, 7) is 1.80. The molecule has 1 aromatic rings. The molecule has 0 aromatic heterocycles. The van der Waals surface area contributed by atoms with Crippen LogP contribution in [0.25, 0.3) is 0 Å². The van der Waals surface area contributed by atoms with Crippen molar-refractivity contribution < 1.29 is 5.11 Å². The normalized spacial score (nSPS) is 9.36. The number of thiol groups is 1. The Hall–Kier alpha value is -0.780. The summed E-state index contributed by atoms with van der Waals surface area (Å²) in [6.07, 6.45) is 0.702. The number of rotatable bonds is 1. The Balaban J connectivity index is 3.04. The second kappa shape index (κ2) is 5.19. The summed E-state index contributed by atoms with van der Waals surface area (Å²) < 4.78 is 0. The van der Waals surface area contributed by atoms with Gasteiger partial charge in [0.05, 0.1) is 5.56 Å². The molecule has 3 heteroatoms. The summed E-state index contributed by atoms with van der Waals surface area (Å²) in [5.74, 6) is 6.69. The largest absolute Gasteiger partial charge is 0.506 e. The second-order valence-corrected chi connectivity index (χ2v) is 3.78. The van der Waals surface area contributed by atoms with E-state index in [0.717, 1.165) is 5.56 Å². The van der Waals surface area contributed by atoms with Gasteiger partial charge in [0.15, 0.2) is 0 Å². The Kier molecular flexibility index (Phi) is 4.19. The molecule has 0 atom stereocenters. The average Bonchev–Trinajstić information content (AvgIpc) is 2.13. The molecule has 0 unspecified atom stereocenters. The first kappa shape index (κ1) is 11.3. The lowest BCUT2D eigenvalue weighted by Gasteiger charge is -2.01. The number of hydrogen-bond donors (Lipinski definition) is 2. The number of hydrogen-bond acceptors (Lipinski definition) is 2. The van der Waals surface area contributed by atoms with Gasteiger partial charge in [-0.3, -0.25) is 0 Å². The van der Waals surface area contributed by atoms with Gasteiger partial charge in [-0.15, -0.1) is 0 Å². The van der Waals surface area contributed by atoms with E-state index in [1.54, 1.807) is 19.1 Å². The first-order valence-electron chi connectivity index (χ1n) is 4.24. The van der Waals surface area contributed by atoms with E-state index >= 15 is 0 Å². The van der Waals surface area contributed by atoms with Gasteiger partial charge in [-0.05, 0) is 24.6 Å². The first-order valence-corrected chi connectivity index (χ1v) is 5.25. The van der Waals surface area contributed by atoms with Crippen LogP contribution < -0.4 is 0 Å². The van der Waals surface area contributed by atoms with E-state index in [0.29, 0.717) is 22.8 Å². The van der Waals surface area contributed by atoms with E-state index in [9.17, 15) is 5.11 Å². The molecule has 1 nitrogen and oxygen atoms in total. The quantitative estimate of drug-likeness (QED) is 0.557. The van der Waals surface area contributed by atoms with Crippen LogP contribution in [0.1, 0.15) is 17.5 Å².